The predicted octanol–water partition coefficient (Wildman–Crippen LogP) is 1.84. The third-order valence-corrected chi connectivity index (χ3v) is 3.50. The van der Waals surface area contributed by atoms with Gasteiger partial charge in [-0.1, -0.05) is 5.16 Å². The van der Waals surface area contributed by atoms with Crippen LogP contribution in [0.1, 0.15) is 11.5 Å². The van der Waals surface area contributed by atoms with Gasteiger partial charge < -0.3 is 9.42 Å². The van der Waals surface area contributed by atoms with E-state index in [2.05, 4.69) is 19.9 Å². The SMILES string of the molecule is Cc1cc(CN2CCN(c3ccnc(F)c3)CC2)on1. The minimum absolute atomic E-state index is 0.429. The van der Waals surface area contributed by atoms with E-state index in [-0.39, 0.29) is 0 Å². The van der Waals surface area contributed by atoms with E-state index < -0.39 is 5.95 Å². The number of hydrogen-bond donors (Lipinski definition) is 0. The Balaban J connectivity index is 1.57. The van der Waals surface area contributed by atoms with Crippen molar-refractivity contribution in [1.29, 1.82) is 0 Å². The lowest BCUT2D eigenvalue weighted by atomic mass is 10.2. The summed E-state index contributed by atoms with van der Waals surface area (Å²) in [5.74, 6) is 0.466. The number of halogens is 1. The van der Waals surface area contributed by atoms with Crippen LogP contribution in [0.25, 0.3) is 0 Å². The molecular formula is C14H17FN4O. The monoisotopic (exact) mass is 276 g/mol. The Morgan fingerprint density at radius 1 is 1.25 bits per heavy atom. The lowest BCUT2D eigenvalue weighted by molar-refractivity contribution is 0.219. The van der Waals surface area contributed by atoms with Gasteiger partial charge in [-0.15, -0.1) is 0 Å². The van der Waals surface area contributed by atoms with Crippen LogP contribution in [-0.2, 0) is 6.54 Å². The van der Waals surface area contributed by atoms with Crippen LogP contribution in [-0.4, -0.2) is 41.2 Å². The van der Waals surface area contributed by atoms with Gasteiger partial charge in [0.05, 0.1) is 12.2 Å². The number of aromatic nitrogens is 2. The molecule has 5 nitrogen and oxygen atoms in total. The molecule has 1 fully saturated rings. The topological polar surface area (TPSA) is 45.4 Å². The number of pyridine rings is 1. The van der Waals surface area contributed by atoms with Gasteiger partial charge in [0.1, 0.15) is 0 Å². The summed E-state index contributed by atoms with van der Waals surface area (Å²) in [6.07, 6.45) is 1.51. The first kappa shape index (κ1) is 13.1. The molecule has 3 heterocycles. The summed E-state index contributed by atoms with van der Waals surface area (Å²) < 4.78 is 18.4. The molecule has 0 amide bonds. The first-order valence-electron chi connectivity index (χ1n) is 6.72. The molecule has 6 heteroatoms. The zero-order valence-electron chi connectivity index (χ0n) is 11.4. The molecular weight excluding hydrogens is 259 g/mol. The minimum Gasteiger partial charge on any atom is -0.369 e. The van der Waals surface area contributed by atoms with Crippen molar-refractivity contribution in [2.75, 3.05) is 31.1 Å². The van der Waals surface area contributed by atoms with Crippen LogP contribution in [0.15, 0.2) is 28.9 Å². The Morgan fingerprint density at radius 3 is 2.70 bits per heavy atom. The van der Waals surface area contributed by atoms with E-state index in [0.717, 1.165) is 49.9 Å². The molecule has 0 bridgehead atoms. The fraction of sp³-hybridized carbons (Fsp3) is 0.429. The quantitative estimate of drug-likeness (QED) is 0.800. The van der Waals surface area contributed by atoms with Gasteiger partial charge in [-0.2, -0.15) is 4.39 Å². The molecule has 1 aliphatic heterocycles. The Hall–Kier alpha value is -1.95. The highest BCUT2D eigenvalue weighted by molar-refractivity contribution is 5.45. The van der Waals surface area contributed by atoms with Crippen molar-refractivity contribution in [3.05, 3.63) is 41.8 Å². The molecule has 0 unspecified atom stereocenters. The van der Waals surface area contributed by atoms with E-state index in [1.165, 1.54) is 12.3 Å². The number of aryl methyl sites for hydroxylation is 1. The Labute approximate surface area is 117 Å². The highest BCUT2D eigenvalue weighted by Crippen LogP contribution is 2.17. The summed E-state index contributed by atoms with van der Waals surface area (Å²) in [6.45, 7) is 6.28. The molecule has 0 radical (unpaired) electrons. The summed E-state index contributed by atoms with van der Waals surface area (Å²) >= 11 is 0. The maximum absolute atomic E-state index is 13.1. The molecule has 0 aliphatic carbocycles. The number of nitrogens with zero attached hydrogens (tertiary/aromatic N) is 4. The van der Waals surface area contributed by atoms with Gasteiger partial charge in [0, 0.05) is 50.2 Å². The van der Waals surface area contributed by atoms with Crippen molar-refractivity contribution in [3.8, 4) is 0 Å². The zero-order valence-corrected chi connectivity index (χ0v) is 11.4. The van der Waals surface area contributed by atoms with Crippen LogP contribution >= 0.6 is 0 Å². The largest absolute Gasteiger partial charge is 0.369 e. The molecule has 20 heavy (non-hydrogen) atoms. The highest BCUT2D eigenvalue weighted by atomic mass is 19.1. The van der Waals surface area contributed by atoms with Crippen molar-refractivity contribution >= 4 is 5.69 Å². The average Bonchev–Trinajstić information content (AvgIpc) is 2.85. The maximum Gasteiger partial charge on any atom is 0.214 e. The Morgan fingerprint density at radius 2 is 2.05 bits per heavy atom. The van der Waals surface area contributed by atoms with Gasteiger partial charge in [-0.25, -0.2) is 4.98 Å². The van der Waals surface area contributed by atoms with Gasteiger partial charge in [0.2, 0.25) is 5.95 Å². The second kappa shape index (κ2) is 5.58. The molecule has 1 saturated heterocycles. The second-order valence-electron chi connectivity index (χ2n) is 5.03. The molecule has 0 atom stereocenters. The summed E-state index contributed by atoms with van der Waals surface area (Å²) in [7, 11) is 0. The second-order valence-corrected chi connectivity index (χ2v) is 5.03. The third-order valence-electron chi connectivity index (χ3n) is 3.50. The van der Waals surface area contributed by atoms with Gasteiger partial charge >= 0.3 is 0 Å². The molecule has 0 aromatic carbocycles. The Kier molecular flexibility index (Phi) is 3.64. The molecule has 2 aromatic heterocycles. The van der Waals surface area contributed by atoms with E-state index in [1.807, 2.05) is 19.1 Å². The first-order valence-corrected chi connectivity index (χ1v) is 6.72. The zero-order chi connectivity index (χ0) is 13.9. The van der Waals surface area contributed by atoms with E-state index in [9.17, 15) is 4.39 Å². The molecule has 2 aromatic rings. The molecule has 1 aliphatic rings. The standard InChI is InChI=1S/C14H17FN4O/c1-11-8-13(20-17-11)10-18-4-6-19(7-5-18)12-2-3-16-14(15)9-12/h2-3,8-9H,4-7,10H2,1H3. The van der Waals surface area contributed by atoms with E-state index in [1.54, 1.807) is 0 Å². The minimum atomic E-state index is -0.429. The van der Waals surface area contributed by atoms with Crippen molar-refractivity contribution in [2.24, 2.45) is 0 Å². The van der Waals surface area contributed by atoms with Crippen molar-refractivity contribution < 1.29 is 8.91 Å². The average molecular weight is 276 g/mol. The predicted molar refractivity (Wildman–Crippen MR) is 72.9 cm³/mol. The third kappa shape index (κ3) is 2.96. The summed E-state index contributed by atoms with van der Waals surface area (Å²) in [4.78, 5) is 8.07. The van der Waals surface area contributed by atoms with E-state index >= 15 is 0 Å². The molecule has 106 valence electrons. The van der Waals surface area contributed by atoms with Crippen LogP contribution in [0, 0.1) is 12.9 Å². The number of piperazine rings is 1. The first-order chi connectivity index (χ1) is 9.70. The smallest absolute Gasteiger partial charge is 0.214 e. The van der Waals surface area contributed by atoms with Crippen LogP contribution in [0.4, 0.5) is 10.1 Å². The maximum atomic E-state index is 13.1. The molecule has 3 rings (SSSR count). The van der Waals surface area contributed by atoms with Gasteiger partial charge in [-0.05, 0) is 13.0 Å². The molecule has 0 saturated carbocycles. The normalized spacial score (nSPS) is 16.6. The van der Waals surface area contributed by atoms with Crippen LogP contribution in [0.2, 0.25) is 0 Å². The van der Waals surface area contributed by atoms with Crippen LogP contribution in [0.3, 0.4) is 0 Å². The van der Waals surface area contributed by atoms with Crippen molar-refractivity contribution in [1.82, 2.24) is 15.0 Å². The molecule has 0 N–H and O–H groups in total. The number of anilines is 1. The fourth-order valence-electron chi connectivity index (χ4n) is 2.46. The Bertz CT molecular complexity index is 578. The van der Waals surface area contributed by atoms with Crippen molar-refractivity contribution in [3.63, 3.8) is 0 Å². The lowest BCUT2D eigenvalue weighted by Gasteiger charge is -2.35. The van der Waals surface area contributed by atoms with Gasteiger partial charge in [0.15, 0.2) is 5.76 Å². The van der Waals surface area contributed by atoms with E-state index in [0.29, 0.717) is 0 Å². The summed E-state index contributed by atoms with van der Waals surface area (Å²) in [6, 6.07) is 5.29. The van der Waals surface area contributed by atoms with Crippen molar-refractivity contribution in [2.45, 2.75) is 13.5 Å². The number of rotatable bonds is 3. The van der Waals surface area contributed by atoms with Gasteiger partial charge in [-0.3, -0.25) is 4.90 Å². The van der Waals surface area contributed by atoms with Crippen LogP contribution in [0.5, 0.6) is 0 Å². The fourth-order valence-corrected chi connectivity index (χ4v) is 2.46. The van der Waals surface area contributed by atoms with Crippen LogP contribution < -0.4 is 4.90 Å². The summed E-state index contributed by atoms with van der Waals surface area (Å²) in [5, 5.41) is 3.89. The highest BCUT2D eigenvalue weighted by Gasteiger charge is 2.18. The van der Waals surface area contributed by atoms with Gasteiger partial charge in [0.25, 0.3) is 0 Å². The van der Waals surface area contributed by atoms with E-state index in [4.69, 9.17) is 4.52 Å². The molecule has 0 spiro atoms. The number of hydrogen-bond acceptors (Lipinski definition) is 5. The lowest BCUT2D eigenvalue weighted by Crippen LogP contribution is -2.45. The summed E-state index contributed by atoms with van der Waals surface area (Å²) in [5.41, 5.74) is 1.80.